The van der Waals surface area contributed by atoms with Crippen molar-refractivity contribution in [3.8, 4) is 0 Å². The second kappa shape index (κ2) is 6.79. The van der Waals surface area contributed by atoms with Gasteiger partial charge in [-0.1, -0.05) is 6.92 Å². The quantitative estimate of drug-likeness (QED) is 0.657. The normalized spacial score (nSPS) is 21.8. The maximum Gasteiger partial charge on any atom is 0.214 e. The average Bonchev–Trinajstić information content (AvgIpc) is 2.75. The van der Waals surface area contributed by atoms with Gasteiger partial charge in [-0.3, -0.25) is 0 Å². The summed E-state index contributed by atoms with van der Waals surface area (Å²) in [4.78, 5) is 0. The zero-order valence-corrected chi connectivity index (χ0v) is 11.3. The van der Waals surface area contributed by atoms with Gasteiger partial charge in [-0.2, -0.15) is 4.31 Å². The zero-order valence-electron chi connectivity index (χ0n) is 9.69. The van der Waals surface area contributed by atoms with Crippen LogP contribution in [0.15, 0.2) is 0 Å². The van der Waals surface area contributed by atoms with Crippen molar-refractivity contribution in [3.63, 3.8) is 0 Å². The fourth-order valence-electron chi connectivity index (χ4n) is 1.82. The molecule has 1 unspecified atom stereocenters. The first-order valence-electron chi connectivity index (χ1n) is 5.75. The molecule has 0 aromatic rings. The van der Waals surface area contributed by atoms with Crippen LogP contribution in [-0.2, 0) is 14.8 Å². The van der Waals surface area contributed by atoms with E-state index in [-0.39, 0.29) is 11.9 Å². The lowest BCUT2D eigenvalue weighted by Crippen LogP contribution is -2.38. The Hall–Kier alpha value is 0.160. The molecular formula is C10H20ClNO3S. The Morgan fingerprint density at radius 2 is 2.25 bits per heavy atom. The van der Waals surface area contributed by atoms with Crippen LogP contribution in [0.5, 0.6) is 0 Å². The molecule has 0 aromatic heterocycles. The Labute approximate surface area is 103 Å². The molecule has 1 heterocycles. The molecular weight excluding hydrogens is 250 g/mol. The standard InChI is InChI=1S/C10H20ClNO3S/c1-2-12(9-10-5-3-7-15-10)16(13,14)8-4-6-11/h10H,2-9H2,1H3. The minimum Gasteiger partial charge on any atom is -0.377 e. The van der Waals surface area contributed by atoms with Crippen LogP contribution < -0.4 is 0 Å². The fourth-order valence-corrected chi connectivity index (χ4v) is 3.67. The fraction of sp³-hybridized carbons (Fsp3) is 1.00. The van der Waals surface area contributed by atoms with Crippen molar-refractivity contribution >= 4 is 21.6 Å². The van der Waals surface area contributed by atoms with Crippen LogP contribution in [0.3, 0.4) is 0 Å². The number of hydrogen-bond acceptors (Lipinski definition) is 3. The largest absolute Gasteiger partial charge is 0.377 e. The highest BCUT2D eigenvalue weighted by atomic mass is 35.5. The Bertz CT molecular complexity index is 288. The Kier molecular flexibility index (Phi) is 6.03. The highest BCUT2D eigenvalue weighted by Crippen LogP contribution is 2.15. The van der Waals surface area contributed by atoms with Gasteiger partial charge in [0.05, 0.1) is 11.9 Å². The van der Waals surface area contributed by atoms with E-state index in [2.05, 4.69) is 0 Å². The number of likely N-dealkylation sites (N-methyl/N-ethyl adjacent to an activating group) is 1. The van der Waals surface area contributed by atoms with E-state index in [0.29, 0.717) is 25.4 Å². The van der Waals surface area contributed by atoms with Gasteiger partial charge in [0.2, 0.25) is 10.0 Å². The van der Waals surface area contributed by atoms with E-state index in [1.54, 1.807) is 0 Å². The van der Waals surface area contributed by atoms with Crippen molar-refractivity contribution in [1.29, 1.82) is 0 Å². The minimum absolute atomic E-state index is 0.0747. The van der Waals surface area contributed by atoms with Gasteiger partial charge >= 0.3 is 0 Å². The maximum absolute atomic E-state index is 11.9. The Morgan fingerprint density at radius 3 is 2.75 bits per heavy atom. The molecule has 1 aliphatic rings. The smallest absolute Gasteiger partial charge is 0.214 e. The second-order valence-corrected chi connectivity index (χ2v) is 6.41. The molecule has 96 valence electrons. The highest BCUT2D eigenvalue weighted by Gasteiger charge is 2.25. The SMILES string of the molecule is CCN(CC1CCCO1)S(=O)(=O)CCCCl. The molecule has 0 bridgehead atoms. The van der Waals surface area contributed by atoms with E-state index >= 15 is 0 Å². The second-order valence-electron chi connectivity index (χ2n) is 3.94. The van der Waals surface area contributed by atoms with Gasteiger partial charge in [0, 0.05) is 25.6 Å². The summed E-state index contributed by atoms with van der Waals surface area (Å²) in [5.74, 6) is 0.522. The molecule has 6 heteroatoms. The lowest BCUT2D eigenvalue weighted by molar-refractivity contribution is 0.0947. The van der Waals surface area contributed by atoms with Crippen LogP contribution in [0.1, 0.15) is 26.2 Å². The predicted octanol–water partition coefficient (Wildman–Crippen LogP) is 1.45. The molecule has 0 N–H and O–H groups in total. The van der Waals surface area contributed by atoms with Crippen molar-refractivity contribution in [2.24, 2.45) is 0 Å². The van der Waals surface area contributed by atoms with Gasteiger partial charge in [0.25, 0.3) is 0 Å². The molecule has 0 aromatic carbocycles. The molecule has 0 saturated carbocycles. The molecule has 1 atom stereocenters. The van der Waals surface area contributed by atoms with Gasteiger partial charge in [0.15, 0.2) is 0 Å². The number of alkyl halides is 1. The van der Waals surface area contributed by atoms with Crippen LogP contribution in [0.4, 0.5) is 0 Å². The third kappa shape index (κ3) is 4.20. The molecule has 0 spiro atoms. The van der Waals surface area contributed by atoms with Crippen LogP contribution in [0, 0.1) is 0 Å². The summed E-state index contributed by atoms with van der Waals surface area (Å²) >= 11 is 5.52. The topological polar surface area (TPSA) is 46.6 Å². The highest BCUT2D eigenvalue weighted by molar-refractivity contribution is 7.89. The van der Waals surface area contributed by atoms with Gasteiger partial charge in [-0.05, 0) is 19.3 Å². The number of halogens is 1. The van der Waals surface area contributed by atoms with E-state index in [4.69, 9.17) is 16.3 Å². The van der Waals surface area contributed by atoms with Crippen molar-refractivity contribution in [3.05, 3.63) is 0 Å². The summed E-state index contributed by atoms with van der Waals surface area (Å²) in [6.07, 6.45) is 2.57. The number of hydrogen-bond donors (Lipinski definition) is 0. The van der Waals surface area contributed by atoms with Gasteiger partial charge in [-0.15, -0.1) is 11.6 Å². The van der Waals surface area contributed by atoms with Crippen molar-refractivity contribution < 1.29 is 13.2 Å². The third-order valence-electron chi connectivity index (χ3n) is 2.71. The number of nitrogens with zero attached hydrogens (tertiary/aromatic N) is 1. The van der Waals surface area contributed by atoms with Gasteiger partial charge in [0.1, 0.15) is 0 Å². The summed E-state index contributed by atoms with van der Waals surface area (Å²) in [5, 5.41) is 0. The first kappa shape index (κ1) is 14.2. The molecule has 0 amide bonds. The summed E-state index contributed by atoms with van der Waals surface area (Å²) < 4.78 is 30.8. The monoisotopic (exact) mass is 269 g/mol. The van der Waals surface area contributed by atoms with Crippen LogP contribution in [-0.4, -0.2) is 50.2 Å². The lowest BCUT2D eigenvalue weighted by Gasteiger charge is -2.23. The van der Waals surface area contributed by atoms with Crippen LogP contribution >= 0.6 is 11.6 Å². The molecule has 1 aliphatic heterocycles. The van der Waals surface area contributed by atoms with Crippen molar-refractivity contribution in [2.45, 2.75) is 32.3 Å². The maximum atomic E-state index is 11.9. The van der Waals surface area contributed by atoms with Crippen molar-refractivity contribution in [1.82, 2.24) is 4.31 Å². The average molecular weight is 270 g/mol. The summed E-state index contributed by atoms with van der Waals surface area (Å²) in [5.41, 5.74) is 0. The first-order valence-corrected chi connectivity index (χ1v) is 7.90. The van der Waals surface area contributed by atoms with E-state index in [0.717, 1.165) is 19.4 Å². The summed E-state index contributed by atoms with van der Waals surface area (Å²) in [6.45, 7) is 3.60. The molecule has 0 aliphatic carbocycles. The first-order chi connectivity index (χ1) is 7.60. The molecule has 4 nitrogen and oxygen atoms in total. The van der Waals surface area contributed by atoms with E-state index in [1.807, 2.05) is 6.92 Å². The van der Waals surface area contributed by atoms with Crippen LogP contribution in [0.25, 0.3) is 0 Å². The van der Waals surface area contributed by atoms with Gasteiger partial charge in [-0.25, -0.2) is 8.42 Å². The predicted molar refractivity (Wildman–Crippen MR) is 65.3 cm³/mol. The molecule has 1 rings (SSSR count). The zero-order chi connectivity index (χ0) is 12.0. The van der Waals surface area contributed by atoms with E-state index in [9.17, 15) is 8.42 Å². The number of sulfonamides is 1. The van der Waals surface area contributed by atoms with Gasteiger partial charge < -0.3 is 4.74 Å². The molecule has 16 heavy (non-hydrogen) atoms. The number of rotatable bonds is 7. The van der Waals surface area contributed by atoms with Crippen molar-refractivity contribution in [2.75, 3.05) is 31.3 Å². The molecule has 0 radical (unpaired) electrons. The Morgan fingerprint density at radius 1 is 1.50 bits per heavy atom. The molecule has 1 fully saturated rings. The summed E-state index contributed by atoms with van der Waals surface area (Å²) in [7, 11) is -3.15. The molecule has 1 saturated heterocycles. The van der Waals surface area contributed by atoms with E-state index < -0.39 is 10.0 Å². The number of ether oxygens (including phenoxy) is 1. The minimum atomic E-state index is -3.15. The summed E-state index contributed by atoms with van der Waals surface area (Å²) in [6, 6.07) is 0. The third-order valence-corrected chi connectivity index (χ3v) is 4.98. The van der Waals surface area contributed by atoms with Crippen LogP contribution in [0.2, 0.25) is 0 Å². The lowest BCUT2D eigenvalue weighted by atomic mass is 10.2. The van der Waals surface area contributed by atoms with E-state index in [1.165, 1.54) is 4.31 Å². The Balaban J connectivity index is 2.51.